The Morgan fingerprint density at radius 3 is 2.47 bits per heavy atom. The first-order valence-electron chi connectivity index (χ1n) is 4.69. The molecule has 1 N–H and O–H groups in total. The van der Waals surface area contributed by atoms with Gasteiger partial charge < -0.3 is 9.73 Å². The van der Waals surface area contributed by atoms with Gasteiger partial charge in [-0.05, 0) is 50.1 Å². The second-order valence-corrected chi connectivity index (χ2v) is 5.73. The highest BCUT2D eigenvalue weighted by Crippen LogP contribution is 2.36. The Kier molecular flexibility index (Phi) is 4.42. The maximum atomic E-state index is 6.11. The summed E-state index contributed by atoms with van der Waals surface area (Å²) >= 11 is 18.8. The van der Waals surface area contributed by atoms with Gasteiger partial charge in [0.25, 0.3) is 0 Å². The maximum Gasteiger partial charge on any atom is 0.136 e. The van der Waals surface area contributed by atoms with E-state index in [-0.39, 0.29) is 0 Å². The monoisotopic (exact) mass is 397 g/mol. The second kappa shape index (κ2) is 5.65. The van der Waals surface area contributed by atoms with E-state index in [1.165, 1.54) is 0 Å². The standard InChI is InChI=1S/C11H7Br2Cl2NO/c12-6-3-4-17-9(6)5-16-8-2-1-7(13)10(14)11(8)15/h1-4,16H,5H2. The molecule has 0 bridgehead atoms. The normalized spacial score (nSPS) is 10.6. The molecule has 0 spiro atoms. The molecule has 0 unspecified atom stereocenters. The van der Waals surface area contributed by atoms with Gasteiger partial charge in [0.15, 0.2) is 0 Å². The van der Waals surface area contributed by atoms with E-state index in [1.807, 2.05) is 18.2 Å². The first-order chi connectivity index (χ1) is 8.09. The summed E-state index contributed by atoms with van der Waals surface area (Å²) in [6.07, 6.45) is 1.62. The van der Waals surface area contributed by atoms with Gasteiger partial charge in [-0.15, -0.1) is 0 Å². The zero-order chi connectivity index (χ0) is 12.4. The summed E-state index contributed by atoms with van der Waals surface area (Å²) in [7, 11) is 0. The number of benzene rings is 1. The van der Waals surface area contributed by atoms with Crippen LogP contribution in [0, 0.1) is 0 Å². The molecule has 0 atom stereocenters. The van der Waals surface area contributed by atoms with Crippen LogP contribution in [0.1, 0.15) is 5.76 Å². The Labute approximate surface area is 126 Å². The minimum atomic E-state index is 0.490. The Hall–Kier alpha value is -0.160. The van der Waals surface area contributed by atoms with Gasteiger partial charge in [-0.25, -0.2) is 0 Å². The van der Waals surface area contributed by atoms with Crippen LogP contribution >= 0.6 is 55.1 Å². The predicted molar refractivity (Wildman–Crippen MR) is 77.9 cm³/mol. The molecule has 0 aliphatic heterocycles. The van der Waals surface area contributed by atoms with Gasteiger partial charge in [0.2, 0.25) is 0 Å². The molecule has 2 rings (SSSR count). The molecule has 0 radical (unpaired) electrons. The van der Waals surface area contributed by atoms with Gasteiger partial charge in [0, 0.05) is 4.47 Å². The molecule has 17 heavy (non-hydrogen) atoms. The smallest absolute Gasteiger partial charge is 0.136 e. The molecule has 0 saturated carbocycles. The van der Waals surface area contributed by atoms with Gasteiger partial charge in [0.05, 0.1) is 33.0 Å². The predicted octanol–water partition coefficient (Wildman–Crippen LogP) is 5.72. The number of nitrogens with one attached hydrogen (secondary N) is 1. The van der Waals surface area contributed by atoms with Crippen molar-refractivity contribution in [3.05, 3.63) is 49.2 Å². The van der Waals surface area contributed by atoms with Crippen molar-refractivity contribution in [2.75, 3.05) is 5.32 Å². The Bertz CT molecular complexity index is 542. The number of hydrogen-bond acceptors (Lipinski definition) is 2. The number of anilines is 1. The average molecular weight is 400 g/mol. The van der Waals surface area contributed by atoms with Gasteiger partial charge in [-0.3, -0.25) is 0 Å². The third-order valence-corrected chi connectivity index (χ3v) is 4.64. The summed E-state index contributed by atoms with van der Waals surface area (Å²) in [4.78, 5) is 0. The Morgan fingerprint density at radius 2 is 1.82 bits per heavy atom. The molecule has 0 aliphatic carbocycles. The van der Waals surface area contributed by atoms with E-state index >= 15 is 0 Å². The number of halogens is 4. The summed E-state index contributed by atoms with van der Waals surface area (Å²) in [6.45, 7) is 0.533. The minimum Gasteiger partial charge on any atom is -0.466 e. The molecule has 0 aliphatic rings. The molecule has 2 nitrogen and oxygen atoms in total. The van der Waals surface area contributed by atoms with E-state index in [2.05, 4.69) is 37.2 Å². The van der Waals surface area contributed by atoms with Gasteiger partial charge in [-0.2, -0.15) is 0 Å². The average Bonchev–Trinajstić information content (AvgIpc) is 2.71. The Balaban J connectivity index is 2.15. The van der Waals surface area contributed by atoms with Crippen molar-refractivity contribution < 1.29 is 4.42 Å². The molecular formula is C11H7Br2Cl2NO. The number of furan rings is 1. The van der Waals surface area contributed by atoms with Crippen LogP contribution in [0.25, 0.3) is 0 Å². The van der Waals surface area contributed by atoms with Gasteiger partial charge in [0.1, 0.15) is 5.76 Å². The van der Waals surface area contributed by atoms with Crippen LogP contribution in [0.3, 0.4) is 0 Å². The highest BCUT2D eigenvalue weighted by molar-refractivity contribution is 9.10. The molecule has 1 aromatic carbocycles. The van der Waals surface area contributed by atoms with Crippen LogP contribution in [-0.2, 0) is 6.54 Å². The first-order valence-corrected chi connectivity index (χ1v) is 7.03. The van der Waals surface area contributed by atoms with Crippen LogP contribution in [0.5, 0.6) is 0 Å². The van der Waals surface area contributed by atoms with Crippen LogP contribution in [0.15, 0.2) is 37.8 Å². The van der Waals surface area contributed by atoms with Crippen LogP contribution in [0.4, 0.5) is 5.69 Å². The third-order valence-electron chi connectivity index (χ3n) is 2.17. The fourth-order valence-corrected chi connectivity index (χ4v) is 2.47. The molecule has 1 heterocycles. The van der Waals surface area contributed by atoms with E-state index in [1.54, 1.807) is 6.26 Å². The third kappa shape index (κ3) is 2.99. The van der Waals surface area contributed by atoms with Crippen molar-refractivity contribution in [1.29, 1.82) is 0 Å². The Morgan fingerprint density at radius 1 is 1.06 bits per heavy atom. The van der Waals surface area contributed by atoms with Crippen LogP contribution in [-0.4, -0.2) is 0 Å². The van der Waals surface area contributed by atoms with E-state index in [0.717, 1.165) is 20.4 Å². The highest BCUT2D eigenvalue weighted by atomic mass is 79.9. The molecule has 6 heteroatoms. The van der Waals surface area contributed by atoms with Crippen molar-refractivity contribution in [1.82, 2.24) is 0 Å². The van der Waals surface area contributed by atoms with Crippen LogP contribution in [0.2, 0.25) is 10.0 Å². The largest absolute Gasteiger partial charge is 0.466 e. The molecule has 1 aromatic heterocycles. The molecule has 2 aromatic rings. The summed E-state index contributed by atoms with van der Waals surface area (Å²) in [5.74, 6) is 0.806. The van der Waals surface area contributed by atoms with E-state index < -0.39 is 0 Å². The van der Waals surface area contributed by atoms with Crippen molar-refractivity contribution in [3.63, 3.8) is 0 Å². The van der Waals surface area contributed by atoms with Crippen molar-refractivity contribution in [3.8, 4) is 0 Å². The van der Waals surface area contributed by atoms with Gasteiger partial charge in [-0.1, -0.05) is 23.2 Å². The van der Waals surface area contributed by atoms with E-state index in [9.17, 15) is 0 Å². The van der Waals surface area contributed by atoms with E-state index in [0.29, 0.717) is 16.6 Å². The van der Waals surface area contributed by atoms with Crippen molar-refractivity contribution in [2.45, 2.75) is 6.54 Å². The molecule has 0 amide bonds. The number of hydrogen-bond donors (Lipinski definition) is 1. The lowest BCUT2D eigenvalue weighted by atomic mass is 10.3. The van der Waals surface area contributed by atoms with Crippen molar-refractivity contribution >= 4 is 60.7 Å². The number of rotatable bonds is 3. The first kappa shape index (κ1) is 13.3. The van der Waals surface area contributed by atoms with Crippen LogP contribution < -0.4 is 5.32 Å². The maximum absolute atomic E-state index is 6.11. The van der Waals surface area contributed by atoms with Crippen molar-refractivity contribution in [2.24, 2.45) is 0 Å². The zero-order valence-corrected chi connectivity index (χ0v) is 13.1. The topological polar surface area (TPSA) is 25.2 Å². The lowest BCUT2D eigenvalue weighted by Gasteiger charge is -2.09. The fraction of sp³-hybridized carbons (Fsp3) is 0.0909. The molecule has 0 fully saturated rings. The zero-order valence-electron chi connectivity index (χ0n) is 8.44. The summed E-state index contributed by atoms with van der Waals surface area (Å²) in [6, 6.07) is 5.54. The van der Waals surface area contributed by atoms with E-state index in [4.69, 9.17) is 27.6 Å². The summed E-state index contributed by atoms with van der Waals surface area (Å²) in [5, 5.41) is 4.15. The molecule has 0 saturated heterocycles. The lowest BCUT2D eigenvalue weighted by Crippen LogP contribution is -1.99. The fourth-order valence-electron chi connectivity index (χ4n) is 1.29. The van der Waals surface area contributed by atoms with Gasteiger partial charge >= 0.3 is 0 Å². The molecular weight excluding hydrogens is 393 g/mol. The summed E-state index contributed by atoms with van der Waals surface area (Å²) < 4.78 is 6.98. The SMILES string of the molecule is Clc1c(Br)ccc(NCc2occc2Br)c1Cl. The molecule has 90 valence electrons. The summed E-state index contributed by atoms with van der Waals surface area (Å²) in [5.41, 5.74) is 0.767. The second-order valence-electron chi connectivity index (χ2n) is 3.27. The lowest BCUT2D eigenvalue weighted by molar-refractivity contribution is 0.516. The quantitative estimate of drug-likeness (QED) is 0.667. The minimum absolute atomic E-state index is 0.490. The highest BCUT2D eigenvalue weighted by Gasteiger charge is 2.09.